The summed E-state index contributed by atoms with van der Waals surface area (Å²) in [5.41, 5.74) is 5.68. The third kappa shape index (κ3) is 3.99. The maximum atomic E-state index is 9.77. The highest BCUT2D eigenvalue weighted by Crippen LogP contribution is 2.38. The number of hydrogen-bond acceptors (Lipinski definition) is 3. The molecule has 3 nitrogen and oxygen atoms in total. The highest BCUT2D eigenvalue weighted by atomic mass is 16.3. The number of benzene rings is 4. The molecule has 0 heterocycles. The van der Waals surface area contributed by atoms with Crippen LogP contribution < -0.4 is 0 Å². The van der Waals surface area contributed by atoms with E-state index in [1.807, 2.05) is 60.7 Å². The van der Waals surface area contributed by atoms with Crippen molar-refractivity contribution < 1.29 is 15.3 Å². The number of phenolic OH excluding ortho intramolecular Hbond substituents is 3. The van der Waals surface area contributed by atoms with E-state index >= 15 is 0 Å². The van der Waals surface area contributed by atoms with Crippen LogP contribution in [-0.2, 0) is 0 Å². The SMILES string of the molecule is Oc1ccc(C(=C(c2ccc(O)cc2)c2ccc(O)cc2)c2cc[c]cc2)cc1. The van der Waals surface area contributed by atoms with Crippen molar-refractivity contribution >= 4 is 11.1 Å². The first-order chi connectivity index (χ1) is 14.1. The summed E-state index contributed by atoms with van der Waals surface area (Å²) in [7, 11) is 0. The molecule has 4 aromatic carbocycles. The average Bonchev–Trinajstić information content (AvgIpc) is 2.75. The average molecular weight is 379 g/mol. The standard InChI is InChI=1S/C26H19O3/c27-22-12-6-19(7-13-22)25(18-4-2-1-3-5-18)26(20-8-14-23(28)15-9-20)21-10-16-24(29)17-11-21/h2-17,27-29H. The second-order valence-corrected chi connectivity index (χ2v) is 6.68. The molecule has 141 valence electrons. The summed E-state index contributed by atoms with van der Waals surface area (Å²) in [5, 5.41) is 29.3. The van der Waals surface area contributed by atoms with Gasteiger partial charge in [0.1, 0.15) is 17.2 Å². The first kappa shape index (κ1) is 18.4. The lowest BCUT2D eigenvalue weighted by atomic mass is 9.86. The maximum absolute atomic E-state index is 9.77. The van der Waals surface area contributed by atoms with Crippen molar-refractivity contribution in [2.24, 2.45) is 0 Å². The smallest absolute Gasteiger partial charge is 0.115 e. The Hall–Kier alpha value is -3.98. The Balaban J connectivity index is 2.08. The highest BCUT2D eigenvalue weighted by Gasteiger charge is 2.16. The summed E-state index contributed by atoms with van der Waals surface area (Å²) in [5.74, 6) is 0.587. The molecule has 0 aliphatic carbocycles. The molecule has 29 heavy (non-hydrogen) atoms. The Morgan fingerprint density at radius 3 is 1.00 bits per heavy atom. The Labute approximate surface area is 169 Å². The molecule has 3 heteroatoms. The van der Waals surface area contributed by atoms with Gasteiger partial charge in [-0.2, -0.15) is 0 Å². The van der Waals surface area contributed by atoms with Crippen molar-refractivity contribution in [3.05, 3.63) is 125 Å². The predicted molar refractivity (Wildman–Crippen MR) is 115 cm³/mol. The molecule has 3 N–H and O–H groups in total. The molecule has 0 aromatic heterocycles. The van der Waals surface area contributed by atoms with Gasteiger partial charge in [-0.25, -0.2) is 0 Å². The summed E-state index contributed by atoms with van der Waals surface area (Å²) in [4.78, 5) is 0. The van der Waals surface area contributed by atoms with E-state index in [-0.39, 0.29) is 17.2 Å². The molecular weight excluding hydrogens is 360 g/mol. The van der Waals surface area contributed by atoms with Gasteiger partial charge in [0.25, 0.3) is 0 Å². The van der Waals surface area contributed by atoms with E-state index in [4.69, 9.17) is 0 Å². The van der Waals surface area contributed by atoms with Crippen molar-refractivity contribution in [1.29, 1.82) is 0 Å². The molecule has 0 fully saturated rings. The Kier molecular flexibility index (Phi) is 5.04. The molecule has 4 aromatic rings. The molecule has 0 aliphatic heterocycles. The molecule has 0 spiro atoms. The number of phenols is 3. The highest BCUT2D eigenvalue weighted by molar-refractivity contribution is 6.04. The molecule has 0 aliphatic rings. The third-order valence-electron chi connectivity index (χ3n) is 4.72. The largest absolute Gasteiger partial charge is 0.508 e. The van der Waals surface area contributed by atoms with Crippen molar-refractivity contribution in [1.82, 2.24) is 0 Å². The fourth-order valence-electron chi connectivity index (χ4n) is 3.35. The summed E-state index contributed by atoms with van der Waals surface area (Å²) in [6.45, 7) is 0. The topological polar surface area (TPSA) is 60.7 Å². The summed E-state index contributed by atoms with van der Waals surface area (Å²) in [6.07, 6.45) is 0. The van der Waals surface area contributed by atoms with Crippen LogP contribution in [0.15, 0.2) is 97.1 Å². The van der Waals surface area contributed by atoms with Gasteiger partial charge in [-0.3, -0.25) is 0 Å². The van der Waals surface area contributed by atoms with Crippen LogP contribution in [0.25, 0.3) is 11.1 Å². The summed E-state index contributed by atoms with van der Waals surface area (Å²) in [6, 6.07) is 31.9. The van der Waals surface area contributed by atoms with E-state index in [0.717, 1.165) is 33.4 Å². The van der Waals surface area contributed by atoms with Gasteiger partial charge in [-0.15, -0.1) is 0 Å². The lowest BCUT2D eigenvalue weighted by molar-refractivity contribution is 0.474. The monoisotopic (exact) mass is 379 g/mol. The minimum atomic E-state index is 0.194. The zero-order valence-electron chi connectivity index (χ0n) is 15.6. The van der Waals surface area contributed by atoms with Gasteiger partial charge < -0.3 is 15.3 Å². The molecule has 0 bridgehead atoms. The first-order valence-electron chi connectivity index (χ1n) is 9.21. The van der Waals surface area contributed by atoms with Crippen LogP contribution in [-0.4, -0.2) is 15.3 Å². The fourth-order valence-corrected chi connectivity index (χ4v) is 3.35. The quantitative estimate of drug-likeness (QED) is 0.404. The van der Waals surface area contributed by atoms with Crippen LogP contribution in [0.3, 0.4) is 0 Å². The Morgan fingerprint density at radius 1 is 0.414 bits per heavy atom. The zero-order valence-corrected chi connectivity index (χ0v) is 15.6. The van der Waals surface area contributed by atoms with E-state index in [0.29, 0.717) is 0 Å². The molecule has 0 atom stereocenters. The Morgan fingerprint density at radius 2 is 0.690 bits per heavy atom. The van der Waals surface area contributed by atoms with Crippen molar-refractivity contribution in [3.8, 4) is 17.2 Å². The minimum absolute atomic E-state index is 0.194. The van der Waals surface area contributed by atoms with Gasteiger partial charge in [0.05, 0.1) is 0 Å². The van der Waals surface area contributed by atoms with Crippen LogP contribution in [0.4, 0.5) is 0 Å². The number of aromatic hydroxyl groups is 3. The molecule has 0 saturated heterocycles. The van der Waals surface area contributed by atoms with Gasteiger partial charge >= 0.3 is 0 Å². The van der Waals surface area contributed by atoms with Crippen LogP contribution in [0.2, 0.25) is 0 Å². The van der Waals surface area contributed by atoms with Crippen LogP contribution in [0, 0.1) is 6.07 Å². The van der Waals surface area contributed by atoms with Gasteiger partial charge in [0.15, 0.2) is 0 Å². The maximum Gasteiger partial charge on any atom is 0.115 e. The molecule has 1 radical (unpaired) electrons. The normalized spacial score (nSPS) is 10.5. The second-order valence-electron chi connectivity index (χ2n) is 6.68. The molecular formula is C26H19O3. The molecule has 0 saturated carbocycles. The molecule has 0 amide bonds. The lowest BCUT2D eigenvalue weighted by Gasteiger charge is -2.18. The second kappa shape index (κ2) is 7.95. The van der Waals surface area contributed by atoms with Crippen LogP contribution in [0.1, 0.15) is 22.3 Å². The zero-order chi connectivity index (χ0) is 20.2. The van der Waals surface area contributed by atoms with Crippen molar-refractivity contribution in [2.75, 3.05) is 0 Å². The van der Waals surface area contributed by atoms with Crippen LogP contribution in [0.5, 0.6) is 17.2 Å². The third-order valence-corrected chi connectivity index (χ3v) is 4.72. The lowest BCUT2D eigenvalue weighted by Crippen LogP contribution is -1.97. The number of rotatable bonds is 4. The van der Waals surface area contributed by atoms with Crippen molar-refractivity contribution in [2.45, 2.75) is 0 Å². The van der Waals surface area contributed by atoms with Gasteiger partial charge in [-0.1, -0.05) is 60.7 Å². The van der Waals surface area contributed by atoms with E-state index in [1.54, 1.807) is 36.4 Å². The van der Waals surface area contributed by atoms with Crippen molar-refractivity contribution in [3.63, 3.8) is 0 Å². The van der Waals surface area contributed by atoms with Gasteiger partial charge in [-0.05, 0) is 75.9 Å². The van der Waals surface area contributed by atoms with E-state index < -0.39 is 0 Å². The summed E-state index contributed by atoms with van der Waals surface area (Å²) >= 11 is 0. The van der Waals surface area contributed by atoms with Crippen LogP contribution >= 0.6 is 0 Å². The molecule has 4 rings (SSSR count). The van der Waals surface area contributed by atoms with E-state index in [9.17, 15) is 15.3 Å². The Bertz CT molecular complexity index is 1080. The summed E-state index contributed by atoms with van der Waals surface area (Å²) < 4.78 is 0. The first-order valence-corrected chi connectivity index (χ1v) is 9.21. The van der Waals surface area contributed by atoms with E-state index in [1.165, 1.54) is 0 Å². The fraction of sp³-hybridized carbons (Fsp3) is 0. The van der Waals surface area contributed by atoms with Gasteiger partial charge in [0.2, 0.25) is 0 Å². The minimum Gasteiger partial charge on any atom is -0.508 e. The molecule has 0 unspecified atom stereocenters. The van der Waals surface area contributed by atoms with Gasteiger partial charge in [0, 0.05) is 0 Å². The number of hydrogen-bond donors (Lipinski definition) is 3. The predicted octanol–water partition coefficient (Wildman–Crippen LogP) is 5.61. The van der Waals surface area contributed by atoms with E-state index in [2.05, 4.69) is 6.07 Å².